The van der Waals surface area contributed by atoms with E-state index in [1.54, 1.807) is 6.20 Å². The Hall–Kier alpha value is -1.69. The molecule has 1 heterocycles. The second kappa shape index (κ2) is 8.56. The summed E-state index contributed by atoms with van der Waals surface area (Å²) < 4.78 is 5.45. The predicted octanol–water partition coefficient (Wildman–Crippen LogP) is 2.92. The van der Waals surface area contributed by atoms with E-state index in [1.807, 2.05) is 27.7 Å². The number of rotatable bonds is 9. The number of aromatic carboxylic acids is 1. The van der Waals surface area contributed by atoms with Crippen molar-refractivity contribution in [1.29, 1.82) is 0 Å². The number of unbranched alkanes of at least 4 members (excludes halogenated alkanes) is 1. The van der Waals surface area contributed by atoms with Crippen LogP contribution in [0.5, 0.6) is 0 Å². The number of carbonyl (C=O) groups is 1. The molecule has 0 aliphatic heterocycles. The van der Waals surface area contributed by atoms with Gasteiger partial charge in [0.15, 0.2) is 5.69 Å². The molecule has 2 N–H and O–H groups in total. The molecule has 21 heavy (non-hydrogen) atoms. The zero-order valence-electron chi connectivity index (χ0n) is 13.2. The Labute approximate surface area is 126 Å². The molecule has 6 nitrogen and oxygen atoms in total. The van der Waals surface area contributed by atoms with Crippen molar-refractivity contribution in [3.63, 3.8) is 0 Å². The molecule has 118 valence electrons. The molecule has 1 aromatic rings. The van der Waals surface area contributed by atoms with E-state index < -0.39 is 5.97 Å². The summed E-state index contributed by atoms with van der Waals surface area (Å²) >= 11 is 0. The minimum absolute atomic E-state index is 0.0344. The number of anilines is 1. The summed E-state index contributed by atoms with van der Waals surface area (Å²) in [5.74, 6) is -0.390. The number of hydrogen-bond donors (Lipinski definition) is 2. The minimum Gasteiger partial charge on any atom is -0.476 e. The first-order chi connectivity index (χ1) is 9.91. The van der Waals surface area contributed by atoms with E-state index in [9.17, 15) is 9.90 Å². The molecule has 0 aliphatic carbocycles. The molecular weight excluding hydrogens is 270 g/mol. The number of nitrogens with one attached hydrogen (secondary N) is 1. The number of nitrogens with zero attached hydrogens (tertiary/aromatic N) is 2. The number of carboxylic acid groups (broad SMARTS) is 1. The van der Waals surface area contributed by atoms with Crippen molar-refractivity contribution < 1.29 is 14.6 Å². The van der Waals surface area contributed by atoms with Crippen LogP contribution in [-0.2, 0) is 4.74 Å². The lowest BCUT2D eigenvalue weighted by molar-refractivity contribution is 0.0690. The first kappa shape index (κ1) is 17.4. The van der Waals surface area contributed by atoms with E-state index in [0.717, 1.165) is 12.8 Å². The van der Waals surface area contributed by atoms with Gasteiger partial charge in [0.05, 0.1) is 18.0 Å². The fourth-order valence-electron chi connectivity index (χ4n) is 1.74. The van der Waals surface area contributed by atoms with Gasteiger partial charge in [0.2, 0.25) is 0 Å². The van der Waals surface area contributed by atoms with Gasteiger partial charge >= 0.3 is 5.97 Å². The van der Waals surface area contributed by atoms with Crippen LogP contribution in [0.1, 0.15) is 62.8 Å². The first-order valence-corrected chi connectivity index (χ1v) is 7.37. The molecule has 0 saturated heterocycles. The maximum atomic E-state index is 11.3. The van der Waals surface area contributed by atoms with Crippen molar-refractivity contribution in [1.82, 2.24) is 9.97 Å². The van der Waals surface area contributed by atoms with Crippen LogP contribution in [0.25, 0.3) is 0 Å². The molecule has 0 bridgehead atoms. The summed E-state index contributed by atoms with van der Waals surface area (Å²) in [7, 11) is 0. The maximum Gasteiger partial charge on any atom is 0.356 e. The Bertz CT molecular complexity index is 461. The quantitative estimate of drug-likeness (QED) is 0.681. The highest BCUT2D eigenvalue weighted by molar-refractivity contribution is 5.91. The SMILES string of the molecule is CC(C)OCCCCNc1cnc(C(C)C)nc1C(=O)O. The summed E-state index contributed by atoms with van der Waals surface area (Å²) in [5.41, 5.74) is 0.504. The van der Waals surface area contributed by atoms with Gasteiger partial charge in [-0.2, -0.15) is 0 Å². The molecule has 1 rings (SSSR count). The van der Waals surface area contributed by atoms with Crippen molar-refractivity contribution in [2.45, 2.75) is 52.6 Å². The van der Waals surface area contributed by atoms with Crippen LogP contribution in [0.15, 0.2) is 6.20 Å². The number of aromatic nitrogens is 2. The van der Waals surface area contributed by atoms with Crippen LogP contribution >= 0.6 is 0 Å². The van der Waals surface area contributed by atoms with Gasteiger partial charge in [-0.1, -0.05) is 13.8 Å². The van der Waals surface area contributed by atoms with Gasteiger partial charge in [0, 0.05) is 19.1 Å². The van der Waals surface area contributed by atoms with Gasteiger partial charge in [-0.25, -0.2) is 14.8 Å². The Morgan fingerprint density at radius 3 is 2.62 bits per heavy atom. The summed E-state index contributed by atoms with van der Waals surface area (Å²) in [6, 6.07) is 0. The van der Waals surface area contributed by atoms with Crippen molar-refractivity contribution in [3.8, 4) is 0 Å². The molecule has 0 atom stereocenters. The summed E-state index contributed by atoms with van der Waals surface area (Å²) in [4.78, 5) is 19.6. The molecular formula is C15H25N3O3. The van der Waals surface area contributed by atoms with Gasteiger partial charge < -0.3 is 15.2 Å². The van der Waals surface area contributed by atoms with Crippen molar-refractivity contribution in [3.05, 3.63) is 17.7 Å². The highest BCUT2D eigenvalue weighted by atomic mass is 16.5. The molecule has 0 spiro atoms. The minimum atomic E-state index is -1.04. The maximum absolute atomic E-state index is 11.3. The number of ether oxygens (including phenoxy) is 1. The first-order valence-electron chi connectivity index (χ1n) is 7.37. The van der Waals surface area contributed by atoms with E-state index in [4.69, 9.17) is 4.74 Å². The lowest BCUT2D eigenvalue weighted by Gasteiger charge is -2.11. The lowest BCUT2D eigenvalue weighted by atomic mass is 10.2. The fraction of sp³-hybridized carbons (Fsp3) is 0.667. The average molecular weight is 295 g/mol. The molecule has 0 saturated carbocycles. The third kappa shape index (κ3) is 6.08. The molecule has 0 unspecified atom stereocenters. The third-order valence-electron chi connectivity index (χ3n) is 2.86. The van der Waals surface area contributed by atoms with E-state index in [2.05, 4.69) is 15.3 Å². The van der Waals surface area contributed by atoms with Gasteiger partial charge in [-0.05, 0) is 26.7 Å². The topological polar surface area (TPSA) is 84.3 Å². The normalized spacial score (nSPS) is 11.1. The Morgan fingerprint density at radius 1 is 1.33 bits per heavy atom. The molecule has 0 radical (unpaired) electrons. The van der Waals surface area contributed by atoms with E-state index in [1.165, 1.54) is 0 Å². The van der Waals surface area contributed by atoms with E-state index in [0.29, 0.717) is 24.7 Å². The van der Waals surface area contributed by atoms with Crippen molar-refractivity contribution in [2.75, 3.05) is 18.5 Å². The molecule has 6 heteroatoms. The fourth-order valence-corrected chi connectivity index (χ4v) is 1.74. The molecule has 0 aromatic carbocycles. The van der Waals surface area contributed by atoms with Gasteiger partial charge in [0.25, 0.3) is 0 Å². The van der Waals surface area contributed by atoms with Crippen molar-refractivity contribution >= 4 is 11.7 Å². The molecule has 0 amide bonds. The van der Waals surface area contributed by atoms with Crippen LogP contribution in [0.3, 0.4) is 0 Å². The second-order valence-corrected chi connectivity index (χ2v) is 5.50. The lowest BCUT2D eigenvalue weighted by Crippen LogP contribution is -2.13. The van der Waals surface area contributed by atoms with Gasteiger partial charge in [-0.3, -0.25) is 0 Å². The number of carboxylic acids is 1. The zero-order chi connectivity index (χ0) is 15.8. The molecule has 0 fully saturated rings. The highest BCUT2D eigenvalue weighted by Crippen LogP contribution is 2.16. The van der Waals surface area contributed by atoms with Crippen LogP contribution in [0, 0.1) is 0 Å². The average Bonchev–Trinajstić information content (AvgIpc) is 2.42. The predicted molar refractivity (Wildman–Crippen MR) is 81.9 cm³/mol. The van der Waals surface area contributed by atoms with Gasteiger partial charge in [-0.15, -0.1) is 0 Å². The summed E-state index contributed by atoms with van der Waals surface area (Å²) in [5, 5.41) is 12.3. The van der Waals surface area contributed by atoms with E-state index in [-0.39, 0.29) is 17.7 Å². The number of hydrogen-bond acceptors (Lipinski definition) is 5. The van der Waals surface area contributed by atoms with Crippen LogP contribution < -0.4 is 5.32 Å². The third-order valence-corrected chi connectivity index (χ3v) is 2.86. The van der Waals surface area contributed by atoms with Crippen molar-refractivity contribution in [2.24, 2.45) is 0 Å². The van der Waals surface area contributed by atoms with Crippen LogP contribution in [0.4, 0.5) is 5.69 Å². The standard InChI is InChI=1S/C15H25N3O3/c1-10(2)14-17-9-12(13(18-14)15(19)20)16-7-5-6-8-21-11(3)4/h9-11,16H,5-8H2,1-4H3,(H,19,20). The summed E-state index contributed by atoms with van der Waals surface area (Å²) in [6.45, 7) is 9.27. The summed E-state index contributed by atoms with van der Waals surface area (Å²) in [6.07, 6.45) is 3.63. The second-order valence-electron chi connectivity index (χ2n) is 5.50. The zero-order valence-corrected chi connectivity index (χ0v) is 13.2. The Morgan fingerprint density at radius 2 is 2.05 bits per heavy atom. The Kier molecular flexibility index (Phi) is 7.08. The monoisotopic (exact) mass is 295 g/mol. The van der Waals surface area contributed by atoms with Gasteiger partial charge in [0.1, 0.15) is 5.82 Å². The van der Waals surface area contributed by atoms with E-state index >= 15 is 0 Å². The molecule has 0 aliphatic rings. The van der Waals surface area contributed by atoms with Crippen LogP contribution in [0.2, 0.25) is 0 Å². The van der Waals surface area contributed by atoms with Crippen LogP contribution in [-0.4, -0.2) is 40.3 Å². The molecule has 1 aromatic heterocycles. The highest BCUT2D eigenvalue weighted by Gasteiger charge is 2.15. The Balaban J connectivity index is 2.52. The largest absolute Gasteiger partial charge is 0.476 e. The smallest absolute Gasteiger partial charge is 0.356 e.